The maximum atomic E-state index is 12.1. The van der Waals surface area contributed by atoms with Gasteiger partial charge < -0.3 is 21.5 Å². The van der Waals surface area contributed by atoms with Crippen LogP contribution in [-0.4, -0.2) is 25.0 Å². The third kappa shape index (κ3) is 4.15. The quantitative estimate of drug-likeness (QED) is 0.554. The van der Waals surface area contributed by atoms with Crippen LogP contribution in [0, 0.1) is 5.92 Å². The lowest BCUT2D eigenvalue weighted by Crippen LogP contribution is -2.42. The van der Waals surface area contributed by atoms with Crippen molar-refractivity contribution in [2.24, 2.45) is 5.92 Å². The summed E-state index contributed by atoms with van der Waals surface area (Å²) in [7, 11) is 1.29. The summed E-state index contributed by atoms with van der Waals surface area (Å²) in [6, 6.07) is 3.93. The van der Waals surface area contributed by atoms with Crippen LogP contribution in [0.5, 0.6) is 0 Å². The lowest BCUT2D eigenvalue weighted by Gasteiger charge is -2.18. The molecular weight excluding hydrogens is 258 g/mol. The maximum absolute atomic E-state index is 12.1. The molecule has 0 aliphatic carbocycles. The first-order valence-electron chi connectivity index (χ1n) is 6.38. The number of hydrogen-bond acceptors (Lipinski definition) is 5. The first-order valence-corrected chi connectivity index (χ1v) is 6.38. The van der Waals surface area contributed by atoms with Gasteiger partial charge in [0.25, 0.3) is 5.91 Å². The fraction of sp³-hybridized carbons (Fsp3) is 0.429. The smallest absolute Gasteiger partial charge is 0.328 e. The fourth-order valence-corrected chi connectivity index (χ4v) is 1.85. The summed E-state index contributed by atoms with van der Waals surface area (Å²) in [5.74, 6) is -0.650. The van der Waals surface area contributed by atoms with Crippen LogP contribution in [0.3, 0.4) is 0 Å². The molecule has 0 aliphatic rings. The predicted octanol–water partition coefficient (Wildman–Crippen LogP) is 1.17. The van der Waals surface area contributed by atoms with E-state index in [2.05, 4.69) is 5.32 Å². The summed E-state index contributed by atoms with van der Waals surface area (Å²) in [6.07, 6.45) is 0.493. The Labute approximate surface area is 118 Å². The largest absolute Gasteiger partial charge is 0.467 e. The van der Waals surface area contributed by atoms with Gasteiger partial charge in [-0.05, 0) is 30.5 Å². The van der Waals surface area contributed by atoms with Gasteiger partial charge in [-0.3, -0.25) is 4.79 Å². The molecule has 5 N–H and O–H groups in total. The molecule has 0 saturated carbocycles. The first kappa shape index (κ1) is 15.8. The van der Waals surface area contributed by atoms with Crippen molar-refractivity contribution in [1.29, 1.82) is 0 Å². The molecule has 0 fully saturated rings. The number of nitrogens with two attached hydrogens (primary N) is 2. The average molecular weight is 279 g/mol. The minimum Gasteiger partial charge on any atom is -0.467 e. The van der Waals surface area contributed by atoms with Crippen molar-refractivity contribution in [2.75, 3.05) is 18.6 Å². The van der Waals surface area contributed by atoms with Crippen LogP contribution < -0.4 is 16.8 Å². The highest BCUT2D eigenvalue weighted by Gasteiger charge is 2.23. The number of carbonyl (C=O) groups is 2. The highest BCUT2D eigenvalue weighted by molar-refractivity contribution is 6.01. The highest BCUT2D eigenvalue weighted by Crippen LogP contribution is 2.16. The molecule has 0 radical (unpaired) electrons. The second-order valence-corrected chi connectivity index (χ2v) is 5.03. The molecule has 1 amide bonds. The molecule has 1 aromatic carbocycles. The SMILES string of the molecule is COC(=O)C(CC(C)C)NC(=O)c1ccc(N)cc1N. The summed E-state index contributed by atoms with van der Waals surface area (Å²) in [5, 5.41) is 2.64. The van der Waals surface area contributed by atoms with E-state index in [1.807, 2.05) is 13.8 Å². The van der Waals surface area contributed by atoms with Gasteiger partial charge in [-0.2, -0.15) is 0 Å². The molecule has 1 aromatic rings. The number of anilines is 2. The number of hydrogen-bond donors (Lipinski definition) is 3. The number of nitrogens with one attached hydrogen (secondary N) is 1. The van der Waals surface area contributed by atoms with E-state index in [4.69, 9.17) is 16.2 Å². The van der Waals surface area contributed by atoms with E-state index in [1.165, 1.54) is 19.2 Å². The second-order valence-electron chi connectivity index (χ2n) is 5.03. The van der Waals surface area contributed by atoms with E-state index in [1.54, 1.807) is 6.07 Å². The summed E-state index contributed by atoms with van der Waals surface area (Å²) >= 11 is 0. The third-order valence-electron chi connectivity index (χ3n) is 2.82. The zero-order valence-electron chi connectivity index (χ0n) is 12.0. The van der Waals surface area contributed by atoms with Crippen LogP contribution in [-0.2, 0) is 9.53 Å². The molecule has 0 saturated heterocycles. The van der Waals surface area contributed by atoms with Crippen molar-refractivity contribution < 1.29 is 14.3 Å². The molecular formula is C14H21N3O3. The first-order chi connectivity index (χ1) is 9.35. The number of nitrogen functional groups attached to an aromatic ring is 2. The normalized spacial score (nSPS) is 12.0. The van der Waals surface area contributed by atoms with Crippen molar-refractivity contribution in [1.82, 2.24) is 5.32 Å². The summed E-state index contributed by atoms with van der Waals surface area (Å²) < 4.78 is 4.69. The topological polar surface area (TPSA) is 107 Å². The van der Waals surface area contributed by atoms with Crippen molar-refractivity contribution >= 4 is 23.3 Å². The van der Waals surface area contributed by atoms with Crippen molar-refractivity contribution in [2.45, 2.75) is 26.3 Å². The van der Waals surface area contributed by atoms with Crippen LogP contribution in [0.2, 0.25) is 0 Å². The summed E-state index contributed by atoms with van der Waals surface area (Å²) in [6.45, 7) is 3.92. The Morgan fingerprint density at radius 1 is 1.30 bits per heavy atom. The molecule has 6 heteroatoms. The average Bonchev–Trinajstić information content (AvgIpc) is 2.36. The van der Waals surface area contributed by atoms with Crippen molar-refractivity contribution in [3.63, 3.8) is 0 Å². The minimum absolute atomic E-state index is 0.239. The zero-order chi connectivity index (χ0) is 15.3. The molecule has 0 spiro atoms. The van der Waals surface area contributed by atoms with Crippen LogP contribution in [0.15, 0.2) is 18.2 Å². The Morgan fingerprint density at radius 2 is 1.95 bits per heavy atom. The van der Waals surface area contributed by atoms with E-state index in [0.29, 0.717) is 12.1 Å². The van der Waals surface area contributed by atoms with Crippen LogP contribution in [0.4, 0.5) is 11.4 Å². The Hall–Kier alpha value is -2.24. The van der Waals surface area contributed by atoms with Crippen LogP contribution in [0.25, 0.3) is 0 Å². The summed E-state index contributed by atoms with van der Waals surface area (Å²) in [5.41, 5.74) is 12.4. The number of amides is 1. The molecule has 0 heterocycles. The van der Waals surface area contributed by atoms with Gasteiger partial charge in [0.05, 0.1) is 12.7 Å². The Bertz CT molecular complexity index is 500. The molecule has 20 heavy (non-hydrogen) atoms. The number of rotatable bonds is 5. The van der Waals surface area contributed by atoms with Crippen LogP contribution >= 0.6 is 0 Å². The number of benzene rings is 1. The number of esters is 1. The van der Waals surface area contributed by atoms with Crippen molar-refractivity contribution in [3.8, 4) is 0 Å². The molecule has 1 atom stereocenters. The van der Waals surface area contributed by atoms with E-state index >= 15 is 0 Å². The molecule has 1 rings (SSSR count). The highest BCUT2D eigenvalue weighted by atomic mass is 16.5. The summed E-state index contributed by atoms with van der Waals surface area (Å²) in [4.78, 5) is 23.8. The van der Waals surface area contributed by atoms with E-state index < -0.39 is 17.9 Å². The van der Waals surface area contributed by atoms with Gasteiger partial charge in [0.1, 0.15) is 6.04 Å². The van der Waals surface area contributed by atoms with Gasteiger partial charge in [-0.1, -0.05) is 13.8 Å². The molecule has 0 aliphatic heterocycles. The molecule has 1 unspecified atom stereocenters. The monoisotopic (exact) mass is 279 g/mol. The molecule has 0 aromatic heterocycles. The van der Waals surface area contributed by atoms with E-state index in [0.717, 1.165) is 0 Å². The predicted molar refractivity (Wildman–Crippen MR) is 78.0 cm³/mol. The van der Waals surface area contributed by atoms with Gasteiger partial charge >= 0.3 is 5.97 Å². The van der Waals surface area contributed by atoms with Gasteiger partial charge in [0, 0.05) is 11.4 Å². The molecule has 0 bridgehead atoms. The fourth-order valence-electron chi connectivity index (χ4n) is 1.85. The van der Waals surface area contributed by atoms with E-state index in [-0.39, 0.29) is 17.2 Å². The number of methoxy groups -OCH3 is 1. The molecule has 6 nitrogen and oxygen atoms in total. The van der Waals surface area contributed by atoms with Crippen molar-refractivity contribution in [3.05, 3.63) is 23.8 Å². The maximum Gasteiger partial charge on any atom is 0.328 e. The Morgan fingerprint density at radius 3 is 2.45 bits per heavy atom. The minimum atomic E-state index is -0.690. The van der Waals surface area contributed by atoms with Gasteiger partial charge in [-0.15, -0.1) is 0 Å². The lowest BCUT2D eigenvalue weighted by atomic mass is 10.0. The third-order valence-corrected chi connectivity index (χ3v) is 2.82. The van der Waals surface area contributed by atoms with Gasteiger partial charge in [0.15, 0.2) is 0 Å². The zero-order valence-corrected chi connectivity index (χ0v) is 12.0. The molecule has 110 valence electrons. The Balaban J connectivity index is 2.87. The second kappa shape index (κ2) is 6.79. The standard InChI is InChI=1S/C14H21N3O3/c1-8(2)6-12(14(19)20-3)17-13(18)10-5-4-9(15)7-11(10)16/h4-5,7-8,12H,6,15-16H2,1-3H3,(H,17,18). The van der Waals surface area contributed by atoms with Gasteiger partial charge in [0.2, 0.25) is 0 Å². The van der Waals surface area contributed by atoms with Crippen LogP contribution in [0.1, 0.15) is 30.6 Å². The number of carbonyl (C=O) groups excluding carboxylic acids is 2. The van der Waals surface area contributed by atoms with Gasteiger partial charge in [-0.25, -0.2) is 4.79 Å². The number of ether oxygens (including phenoxy) is 1. The Kier molecular flexibility index (Phi) is 5.37. The van der Waals surface area contributed by atoms with E-state index in [9.17, 15) is 9.59 Å². The lowest BCUT2D eigenvalue weighted by molar-refractivity contribution is -0.143.